The lowest BCUT2D eigenvalue weighted by atomic mass is 10.0. The first-order chi connectivity index (χ1) is 14.7. The molecule has 0 bridgehead atoms. The van der Waals surface area contributed by atoms with Crippen LogP contribution in [0.5, 0.6) is 5.75 Å². The molecule has 30 heavy (non-hydrogen) atoms. The fourth-order valence-electron chi connectivity index (χ4n) is 3.70. The summed E-state index contributed by atoms with van der Waals surface area (Å²) in [5, 5.41) is 0. The molecule has 1 aromatic heterocycles. The largest absolute Gasteiger partial charge is 0.494 e. The predicted molar refractivity (Wildman–Crippen MR) is 126 cm³/mol. The molecule has 0 amide bonds. The van der Waals surface area contributed by atoms with Gasteiger partial charge < -0.3 is 4.74 Å². The van der Waals surface area contributed by atoms with E-state index in [2.05, 4.69) is 36.2 Å². The molecule has 0 saturated carbocycles. The molecule has 2 rings (SSSR count). The normalized spacial score (nSPS) is 12.1. The van der Waals surface area contributed by atoms with Crippen molar-refractivity contribution in [1.82, 2.24) is 4.98 Å². The summed E-state index contributed by atoms with van der Waals surface area (Å²) in [6, 6.07) is 12.4. The third-order valence-corrected chi connectivity index (χ3v) is 5.58. The van der Waals surface area contributed by atoms with E-state index in [1.165, 1.54) is 44.1 Å². The Bertz CT molecular complexity index is 668. The molecule has 0 aliphatic carbocycles. The number of ether oxygens (including phenoxy) is 1. The lowest BCUT2D eigenvalue weighted by molar-refractivity contribution is 0.288. The summed E-state index contributed by atoms with van der Waals surface area (Å²) in [7, 11) is 0. The fraction of sp³-hybridized carbons (Fsp3) is 0.593. The van der Waals surface area contributed by atoms with Crippen LogP contribution in [-0.4, -0.2) is 17.8 Å². The third kappa shape index (κ3) is 9.73. The Morgan fingerprint density at radius 1 is 0.800 bits per heavy atom. The number of aryl methyl sites for hydroxylation is 1. The molecule has 0 radical (unpaired) electrons. The Labute approximate surface area is 183 Å². The molecule has 2 nitrogen and oxygen atoms in total. The second-order valence-electron chi connectivity index (χ2n) is 8.32. The quantitative estimate of drug-likeness (QED) is 0.258. The van der Waals surface area contributed by atoms with Crippen molar-refractivity contribution >= 4 is 0 Å². The predicted octanol–water partition coefficient (Wildman–Crippen LogP) is 8.34. The molecular weight excluding hydrogens is 373 g/mol. The lowest BCUT2D eigenvalue weighted by Gasteiger charge is -2.08. The van der Waals surface area contributed by atoms with Crippen molar-refractivity contribution in [2.24, 2.45) is 0 Å². The van der Waals surface area contributed by atoms with Crippen molar-refractivity contribution in [3.8, 4) is 17.0 Å². The van der Waals surface area contributed by atoms with Crippen LogP contribution in [0.15, 0.2) is 42.6 Å². The van der Waals surface area contributed by atoms with E-state index < -0.39 is 6.17 Å². The van der Waals surface area contributed by atoms with Crippen LogP contribution in [0.1, 0.15) is 90.0 Å². The summed E-state index contributed by atoms with van der Waals surface area (Å²) in [4.78, 5) is 4.60. The van der Waals surface area contributed by atoms with Crippen LogP contribution < -0.4 is 4.74 Å². The number of rotatable bonds is 16. The van der Waals surface area contributed by atoms with Gasteiger partial charge in [-0.3, -0.25) is 4.98 Å². The van der Waals surface area contributed by atoms with E-state index in [1.54, 1.807) is 0 Å². The van der Waals surface area contributed by atoms with E-state index in [0.717, 1.165) is 49.3 Å². The number of halogens is 1. The first-order valence-electron chi connectivity index (χ1n) is 12.0. The molecule has 1 atom stereocenters. The van der Waals surface area contributed by atoms with Gasteiger partial charge >= 0.3 is 0 Å². The first-order valence-corrected chi connectivity index (χ1v) is 12.0. The van der Waals surface area contributed by atoms with Gasteiger partial charge in [0.25, 0.3) is 0 Å². The number of pyridine rings is 1. The zero-order valence-electron chi connectivity index (χ0n) is 19.0. The van der Waals surface area contributed by atoms with Gasteiger partial charge in [-0.2, -0.15) is 0 Å². The summed E-state index contributed by atoms with van der Waals surface area (Å²) in [6.45, 7) is 5.08. The van der Waals surface area contributed by atoms with Gasteiger partial charge in [0.1, 0.15) is 11.9 Å². The van der Waals surface area contributed by atoms with Gasteiger partial charge in [-0.05, 0) is 68.0 Å². The fourth-order valence-corrected chi connectivity index (χ4v) is 3.70. The van der Waals surface area contributed by atoms with Crippen LogP contribution in [-0.2, 0) is 6.42 Å². The SMILES string of the molecule is CCCCCCCCCOc1ccc(-c2ccc(CCCC(F)CCC)cn2)cc1. The molecule has 0 aliphatic rings. The van der Waals surface area contributed by atoms with Crippen molar-refractivity contribution in [1.29, 1.82) is 0 Å². The van der Waals surface area contributed by atoms with Crippen LogP contribution >= 0.6 is 0 Å². The summed E-state index contributed by atoms with van der Waals surface area (Å²) in [5.74, 6) is 0.925. The van der Waals surface area contributed by atoms with E-state index in [4.69, 9.17) is 4.74 Å². The Kier molecular flexibility index (Phi) is 12.2. The number of nitrogens with zero attached hydrogens (tertiary/aromatic N) is 1. The molecule has 1 unspecified atom stereocenters. The summed E-state index contributed by atoms with van der Waals surface area (Å²) in [5.41, 5.74) is 3.24. The molecule has 0 saturated heterocycles. The zero-order valence-corrected chi connectivity index (χ0v) is 19.0. The van der Waals surface area contributed by atoms with E-state index >= 15 is 0 Å². The highest BCUT2D eigenvalue weighted by atomic mass is 19.1. The van der Waals surface area contributed by atoms with Gasteiger partial charge in [-0.1, -0.05) is 64.9 Å². The molecule has 0 fully saturated rings. The number of benzene rings is 1. The van der Waals surface area contributed by atoms with E-state index in [1.807, 2.05) is 25.3 Å². The van der Waals surface area contributed by atoms with Gasteiger partial charge in [0.15, 0.2) is 0 Å². The smallest absolute Gasteiger partial charge is 0.119 e. The highest BCUT2D eigenvalue weighted by Crippen LogP contribution is 2.22. The monoisotopic (exact) mass is 413 g/mol. The topological polar surface area (TPSA) is 22.1 Å². The van der Waals surface area contributed by atoms with E-state index in [0.29, 0.717) is 12.8 Å². The minimum Gasteiger partial charge on any atom is -0.494 e. The van der Waals surface area contributed by atoms with Crippen molar-refractivity contribution in [3.63, 3.8) is 0 Å². The van der Waals surface area contributed by atoms with E-state index in [9.17, 15) is 4.39 Å². The van der Waals surface area contributed by atoms with E-state index in [-0.39, 0.29) is 0 Å². The van der Waals surface area contributed by atoms with Gasteiger partial charge in [0, 0.05) is 11.8 Å². The Balaban J connectivity index is 1.69. The van der Waals surface area contributed by atoms with Crippen molar-refractivity contribution < 1.29 is 9.13 Å². The van der Waals surface area contributed by atoms with Crippen LogP contribution in [0.4, 0.5) is 4.39 Å². The Hall–Kier alpha value is -1.90. The molecular formula is C27H40FNO. The summed E-state index contributed by atoms with van der Waals surface area (Å²) >= 11 is 0. The number of hydrogen-bond donors (Lipinski definition) is 0. The Morgan fingerprint density at radius 2 is 1.53 bits per heavy atom. The minimum absolute atomic E-state index is 0.649. The number of unbranched alkanes of at least 4 members (excludes halogenated alkanes) is 6. The van der Waals surface area contributed by atoms with Gasteiger partial charge in [-0.25, -0.2) is 4.39 Å². The van der Waals surface area contributed by atoms with Gasteiger partial charge in [0.2, 0.25) is 0 Å². The average molecular weight is 414 g/mol. The molecule has 0 aliphatic heterocycles. The maximum Gasteiger partial charge on any atom is 0.119 e. The second kappa shape index (κ2) is 15.0. The number of alkyl halides is 1. The molecule has 1 aromatic carbocycles. The highest BCUT2D eigenvalue weighted by Gasteiger charge is 2.06. The molecule has 2 aromatic rings. The maximum atomic E-state index is 13.6. The van der Waals surface area contributed by atoms with Crippen LogP contribution in [0.2, 0.25) is 0 Å². The second-order valence-corrected chi connectivity index (χ2v) is 8.32. The molecule has 0 N–H and O–H groups in total. The van der Waals surface area contributed by atoms with Crippen molar-refractivity contribution in [3.05, 3.63) is 48.2 Å². The summed E-state index contributed by atoms with van der Waals surface area (Å²) in [6.07, 6.45) is 14.4. The number of aromatic nitrogens is 1. The average Bonchev–Trinajstić information content (AvgIpc) is 2.77. The van der Waals surface area contributed by atoms with Gasteiger partial charge in [-0.15, -0.1) is 0 Å². The molecule has 3 heteroatoms. The standard InChI is InChI=1S/C27H40FNO/c1-3-5-6-7-8-9-10-21-30-26-18-16-24(17-19-26)27-20-15-23(22-29-27)13-11-14-25(28)12-4-2/h15-20,22,25H,3-14,21H2,1-2H3. The number of hydrogen-bond acceptors (Lipinski definition) is 2. The molecule has 166 valence electrons. The third-order valence-electron chi connectivity index (χ3n) is 5.58. The van der Waals surface area contributed by atoms with Crippen LogP contribution in [0.25, 0.3) is 11.3 Å². The van der Waals surface area contributed by atoms with Crippen LogP contribution in [0.3, 0.4) is 0 Å². The summed E-state index contributed by atoms with van der Waals surface area (Å²) < 4.78 is 19.4. The highest BCUT2D eigenvalue weighted by molar-refractivity contribution is 5.60. The van der Waals surface area contributed by atoms with Crippen molar-refractivity contribution in [2.75, 3.05) is 6.61 Å². The lowest BCUT2D eigenvalue weighted by Crippen LogP contribution is -2.00. The maximum absolute atomic E-state index is 13.6. The van der Waals surface area contributed by atoms with Crippen LogP contribution in [0, 0.1) is 0 Å². The van der Waals surface area contributed by atoms with Gasteiger partial charge in [0.05, 0.1) is 12.3 Å². The first kappa shape index (κ1) is 24.4. The minimum atomic E-state index is -0.659. The molecule has 0 spiro atoms. The Morgan fingerprint density at radius 3 is 2.20 bits per heavy atom. The zero-order chi connectivity index (χ0) is 21.4. The van der Waals surface area contributed by atoms with Crippen molar-refractivity contribution in [2.45, 2.75) is 97.1 Å². The molecule has 1 heterocycles.